The fourth-order valence-corrected chi connectivity index (χ4v) is 4.79. The van der Waals surface area contributed by atoms with Gasteiger partial charge < -0.3 is 20.2 Å². The van der Waals surface area contributed by atoms with Crippen molar-refractivity contribution in [1.29, 1.82) is 0 Å². The summed E-state index contributed by atoms with van der Waals surface area (Å²) >= 11 is 0. The van der Waals surface area contributed by atoms with Crippen LogP contribution in [0.15, 0.2) is 24.3 Å². The van der Waals surface area contributed by atoms with E-state index in [4.69, 9.17) is 0 Å². The molecule has 148 valence electrons. The Morgan fingerprint density at radius 2 is 1.93 bits per heavy atom. The number of anilines is 2. The normalized spacial score (nSPS) is 25.9. The predicted octanol–water partition coefficient (Wildman–Crippen LogP) is 1.47. The van der Waals surface area contributed by atoms with Crippen LogP contribution < -0.4 is 10.2 Å². The van der Waals surface area contributed by atoms with Gasteiger partial charge in [0.15, 0.2) is 0 Å². The summed E-state index contributed by atoms with van der Waals surface area (Å²) in [5, 5.41) is 12.4. The minimum Gasteiger partial charge on any atom is -0.481 e. The first-order valence-electron chi connectivity index (χ1n) is 9.61. The van der Waals surface area contributed by atoms with Gasteiger partial charge in [-0.15, -0.1) is 0 Å². The van der Waals surface area contributed by atoms with Gasteiger partial charge in [0, 0.05) is 25.9 Å². The molecule has 2 fully saturated rings. The molecule has 8 nitrogen and oxygen atoms in total. The topological polar surface area (TPSA) is 107 Å². The highest BCUT2D eigenvalue weighted by molar-refractivity contribution is 6.10. The van der Waals surface area contributed by atoms with Crippen molar-refractivity contribution >= 4 is 35.1 Å². The molecule has 3 aliphatic rings. The van der Waals surface area contributed by atoms with Gasteiger partial charge >= 0.3 is 5.97 Å². The number of amides is 3. The zero-order valence-corrected chi connectivity index (χ0v) is 15.5. The lowest BCUT2D eigenvalue weighted by molar-refractivity contribution is -0.149. The SMILES string of the molecule is O=C1CN(C(=O)CCC(=O)N2C[C@@H]3CCC[C@@]3(C(=O)O)C2)c2ccccc2N1. The number of para-hydroxylation sites is 2. The van der Waals surface area contributed by atoms with Crippen LogP contribution in [0.25, 0.3) is 0 Å². The number of likely N-dealkylation sites (tertiary alicyclic amines) is 1. The van der Waals surface area contributed by atoms with Crippen LogP contribution in [0.5, 0.6) is 0 Å². The van der Waals surface area contributed by atoms with Gasteiger partial charge in [-0.05, 0) is 30.9 Å². The van der Waals surface area contributed by atoms with Crippen molar-refractivity contribution in [3.8, 4) is 0 Å². The van der Waals surface area contributed by atoms with E-state index in [1.165, 1.54) is 4.90 Å². The summed E-state index contributed by atoms with van der Waals surface area (Å²) in [6, 6.07) is 7.05. The third-order valence-corrected chi connectivity index (χ3v) is 6.27. The molecular formula is C20H23N3O5. The third kappa shape index (κ3) is 3.02. The Kier molecular flexibility index (Phi) is 4.56. The number of hydrogen-bond acceptors (Lipinski definition) is 4. The number of carboxylic acids is 1. The maximum Gasteiger partial charge on any atom is 0.311 e. The number of carboxylic acid groups (broad SMARTS) is 1. The standard InChI is InChI=1S/C20H23N3O5/c24-16-11-23(15-6-2-1-5-14(15)21-16)18(26)8-7-17(25)22-10-13-4-3-9-20(13,12-22)19(27)28/h1-2,5-6,13H,3-4,7-12H2,(H,21,24)(H,27,28)/t13-,20+/m0/s1. The number of nitrogens with one attached hydrogen (secondary N) is 1. The van der Waals surface area contributed by atoms with E-state index >= 15 is 0 Å². The molecule has 2 atom stereocenters. The Bertz CT molecular complexity index is 854. The summed E-state index contributed by atoms with van der Waals surface area (Å²) in [7, 11) is 0. The molecule has 1 saturated heterocycles. The lowest BCUT2D eigenvalue weighted by Crippen LogP contribution is -2.42. The largest absolute Gasteiger partial charge is 0.481 e. The lowest BCUT2D eigenvalue weighted by Gasteiger charge is -2.29. The maximum absolute atomic E-state index is 12.7. The van der Waals surface area contributed by atoms with E-state index < -0.39 is 11.4 Å². The fraction of sp³-hybridized carbons (Fsp3) is 0.500. The highest BCUT2D eigenvalue weighted by atomic mass is 16.4. The van der Waals surface area contributed by atoms with Gasteiger partial charge in [-0.25, -0.2) is 0 Å². The molecule has 28 heavy (non-hydrogen) atoms. The molecule has 0 bridgehead atoms. The Morgan fingerprint density at radius 3 is 2.68 bits per heavy atom. The van der Waals surface area contributed by atoms with Crippen LogP contribution in [-0.2, 0) is 19.2 Å². The van der Waals surface area contributed by atoms with Crippen molar-refractivity contribution in [2.45, 2.75) is 32.1 Å². The van der Waals surface area contributed by atoms with Gasteiger partial charge in [-0.3, -0.25) is 19.2 Å². The zero-order chi connectivity index (χ0) is 19.9. The monoisotopic (exact) mass is 385 g/mol. The average molecular weight is 385 g/mol. The van der Waals surface area contributed by atoms with E-state index in [1.807, 2.05) is 0 Å². The van der Waals surface area contributed by atoms with E-state index in [-0.39, 0.29) is 49.6 Å². The molecule has 1 aromatic rings. The molecule has 1 aliphatic carbocycles. The van der Waals surface area contributed by atoms with Crippen LogP contribution >= 0.6 is 0 Å². The molecule has 0 aromatic heterocycles. The van der Waals surface area contributed by atoms with Crippen LogP contribution in [0, 0.1) is 11.3 Å². The minimum absolute atomic E-state index is 0.00215. The second-order valence-corrected chi connectivity index (χ2v) is 7.87. The van der Waals surface area contributed by atoms with Gasteiger partial charge in [-0.1, -0.05) is 18.6 Å². The first-order chi connectivity index (χ1) is 13.4. The van der Waals surface area contributed by atoms with E-state index in [0.717, 1.165) is 12.8 Å². The molecule has 1 saturated carbocycles. The number of nitrogens with zero attached hydrogens (tertiary/aromatic N) is 2. The Balaban J connectivity index is 1.39. The Labute approximate surface area is 162 Å². The number of hydrogen-bond donors (Lipinski definition) is 2. The molecule has 0 spiro atoms. The quantitative estimate of drug-likeness (QED) is 0.816. The highest BCUT2D eigenvalue weighted by Gasteiger charge is 2.55. The lowest BCUT2D eigenvalue weighted by atomic mass is 9.81. The number of benzene rings is 1. The van der Waals surface area contributed by atoms with Crippen molar-refractivity contribution in [3.05, 3.63) is 24.3 Å². The fourth-order valence-electron chi connectivity index (χ4n) is 4.79. The van der Waals surface area contributed by atoms with E-state index in [1.54, 1.807) is 29.2 Å². The number of aliphatic carboxylic acids is 1. The highest BCUT2D eigenvalue weighted by Crippen LogP contribution is 2.49. The molecule has 1 aromatic carbocycles. The molecule has 2 N–H and O–H groups in total. The number of carbonyl (C=O) groups is 4. The van der Waals surface area contributed by atoms with Crippen molar-refractivity contribution in [1.82, 2.24) is 4.90 Å². The summed E-state index contributed by atoms with van der Waals surface area (Å²) in [5.41, 5.74) is 0.387. The molecule has 8 heteroatoms. The molecule has 0 radical (unpaired) electrons. The van der Waals surface area contributed by atoms with Gasteiger partial charge in [0.1, 0.15) is 6.54 Å². The summed E-state index contributed by atoms with van der Waals surface area (Å²) in [5.74, 6) is -1.57. The molecule has 4 rings (SSSR count). The molecule has 3 amide bonds. The van der Waals surface area contributed by atoms with Crippen molar-refractivity contribution in [2.24, 2.45) is 11.3 Å². The zero-order valence-electron chi connectivity index (χ0n) is 15.5. The van der Waals surface area contributed by atoms with E-state index in [9.17, 15) is 24.3 Å². The van der Waals surface area contributed by atoms with Gasteiger partial charge in [0.25, 0.3) is 0 Å². The van der Waals surface area contributed by atoms with Crippen LogP contribution in [-0.4, -0.2) is 53.3 Å². The Morgan fingerprint density at radius 1 is 1.18 bits per heavy atom. The van der Waals surface area contributed by atoms with Crippen LogP contribution in [0.4, 0.5) is 11.4 Å². The number of fused-ring (bicyclic) bond motifs is 2. The average Bonchev–Trinajstić information content (AvgIpc) is 3.23. The van der Waals surface area contributed by atoms with Crippen LogP contribution in [0.1, 0.15) is 32.1 Å². The Hall–Kier alpha value is -2.90. The number of rotatable bonds is 4. The van der Waals surface area contributed by atoms with Gasteiger partial charge in [-0.2, -0.15) is 0 Å². The summed E-state index contributed by atoms with van der Waals surface area (Å²) in [6.45, 7) is 0.612. The predicted molar refractivity (Wildman–Crippen MR) is 101 cm³/mol. The van der Waals surface area contributed by atoms with Crippen LogP contribution in [0.2, 0.25) is 0 Å². The molecule has 2 heterocycles. The molecular weight excluding hydrogens is 362 g/mol. The number of carbonyl (C=O) groups excluding carboxylic acids is 3. The smallest absolute Gasteiger partial charge is 0.311 e. The van der Waals surface area contributed by atoms with Crippen LogP contribution in [0.3, 0.4) is 0 Å². The summed E-state index contributed by atoms with van der Waals surface area (Å²) in [4.78, 5) is 51.9. The summed E-state index contributed by atoms with van der Waals surface area (Å²) < 4.78 is 0. The van der Waals surface area contributed by atoms with Crippen molar-refractivity contribution in [3.63, 3.8) is 0 Å². The first kappa shape index (κ1) is 18.5. The molecule has 2 aliphatic heterocycles. The second kappa shape index (κ2) is 6.92. The maximum atomic E-state index is 12.7. The second-order valence-electron chi connectivity index (χ2n) is 7.87. The first-order valence-corrected chi connectivity index (χ1v) is 9.61. The minimum atomic E-state index is -0.822. The molecule has 0 unspecified atom stereocenters. The third-order valence-electron chi connectivity index (χ3n) is 6.27. The van der Waals surface area contributed by atoms with E-state index in [2.05, 4.69) is 5.32 Å². The van der Waals surface area contributed by atoms with Crippen molar-refractivity contribution < 1.29 is 24.3 Å². The van der Waals surface area contributed by atoms with Gasteiger partial charge in [0.05, 0.1) is 16.8 Å². The summed E-state index contributed by atoms with van der Waals surface area (Å²) in [6.07, 6.45) is 2.32. The van der Waals surface area contributed by atoms with E-state index in [0.29, 0.717) is 24.3 Å². The van der Waals surface area contributed by atoms with Crippen molar-refractivity contribution in [2.75, 3.05) is 29.9 Å². The van der Waals surface area contributed by atoms with Gasteiger partial charge in [0.2, 0.25) is 17.7 Å².